The Morgan fingerprint density at radius 1 is 1.37 bits per heavy atom. The van der Waals surface area contributed by atoms with Gasteiger partial charge in [0, 0.05) is 12.2 Å². The van der Waals surface area contributed by atoms with Crippen LogP contribution in [-0.2, 0) is 0 Å². The summed E-state index contributed by atoms with van der Waals surface area (Å²) in [6, 6.07) is 8.65. The molecule has 100 valence electrons. The molecule has 0 aliphatic carbocycles. The van der Waals surface area contributed by atoms with E-state index in [1.54, 1.807) is 12.3 Å². The van der Waals surface area contributed by atoms with E-state index in [-0.39, 0.29) is 17.6 Å². The lowest BCUT2D eigenvalue weighted by atomic mass is 10.1. The van der Waals surface area contributed by atoms with E-state index in [1.165, 1.54) is 13.2 Å². The molecule has 0 fully saturated rings. The van der Waals surface area contributed by atoms with Crippen LogP contribution in [0.4, 0.5) is 10.1 Å². The van der Waals surface area contributed by atoms with Gasteiger partial charge in [-0.3, -0.25) is 0 Å². The van der Waals surface area contributed by atoms with Gasteiger partial charge in [0.25, 0.3) is 0 Å². The minimum Gasteiger partial charge on any atom is -0.494 e. The Morgan fingerprint density at radius 3 is 2.79 bits per heavy atom. The molecule has 0 radical (unpaired) electrons. The fourth-order valence-corrected chi connectivity index (χ4v) is 2.13. The lowest BCUT2D eigenvalue weighted by molar-refractivity contribution is 0.386. The van der Waals surface area contributed by atoms with E-state index in [4.69, 9.17) is 4.74 Å². The number of halogens is 2. The Morgan fingerprint density at radius 2 is 2.16 bits per heavy atom. The zero-order chi connectivity index (χ0) is 13.8. The number of nitrogens with zero attached hydrogens (tertiary/aromatic N) is 1. The Bertz CT molecular complexity index is 577. The van der Waals surface area contributed by atoms with Crippen LogP contribution in [0.3, 0.4) is 0 Å². The summed E-state index contributed by atoms with van der Waals surface area (Å²) in [7, 11) is 1.45. The van der Waals surface area contributed by atoms with Crippen molar-refractivity contribution in [3.63, 3.8) is 0 Å². The SMILES string of the molecule is COc1ccc(C(C)Nc2cccnc2Br)cc1F. The number of methoxy groups -OCH3 is 1. The van der Waals surface area contributed by atoms with Gasteiger partial charge >= 0.3 is 0 Å². The van der Waals surface area contributed by atoms with Crippen molar-refractivity contribution in [3.05, 3.63) is 52.5 Å². The molecule has 1 N–H and O–H groups in total. The zero-order valence-electron chi connectivity index (χ0n) is 10.7. The third kappa shape index (κ3) is 3.23. The first kappa shape index (κ1) is 13.8. The van der Waals surface area contributed by atoms with E-state index in [0.29, 0.717) is 0 Å². The van der Waals surface area contributed by atoms with Gasteiger partial charge in [-0.15, -0.1) is 0 Å². The van der Waals surface area contributed by atoms with Crippen LogP contribution in [0.1, 0.15) is 18.5 Å². The molecule has 5 heteroatoms. The normalized spacial score (nSPS) is 12.0. The predicted molar refractivity (Wildman–Crippen MR) is 76.9 cm³/mol. The van der Waals surface area contributed by atoms with Crippen molar-refractivity contribution in [2.24, 2.45) is 0 Å². The molecule has 0 saturated heterocycles. The Kier molecular flexibility index (Phi) is 4.37. The smallest absolute Gasteiger partial charge is 0.165 e. The highest BCUT2D eigenvalue weighted by Gasteiger charge is 2.10. The van der Waals surface area contributed by atoms with Gasteiger partial charge in [-0.1, -0.05) is 6.07 Å². The highest BCUT2D eigenvalue weighted by molar-refractivity contribution is 9.10. The first-order valence-electron chi connectivity index (χ1n) is 5.82. The van der Waals surface area contributed by atoms with E-state index in [9.17, 15) is 4.39 Å². The van der Waals surface area contributed by atoms with Crippen LogP contribution in [0.25, 0.3) is 0 Å². The standard InChI is InChI=1S/C14H14BrFN2O/c1-9(18-12-4-3-7-17-14(12)15)10-5-6-13(19-2)11(16)8-10/h3-9,18H,1-2H3. The number of pyridine rings is 1. The van der Waals surface area contributed by atoms with E-state index in [2.05, 4.69) is 26.2 Å². The predicted octanol–water partition coefficient (Wildman–Crippen LogP) is 4.16. The Balaban J connectivity index is 2.18. The quantitative estimate of drug-likeness (QED) is 0.857. The highest BCUT2D eigenvalue weighted by Crippen LogP contribution is 2.26. The van der Waals surface area contributed by atoms with Gasteiger partial charge in [0.05, 0.1) is 12.8 Å². The number of benzene rings is 1. The van der Waals surface area contributed by atoms with Gasteiger partial charge in [0.1, 0.15) is 4.60 Å². The van der Waals surface area contributed by atoms with Gasteiger partial charge in [-0.25, -0.2) is 9.37 Å². The molecule has 19 heavy (non-hydrogen) atoms. The first-order chi connectivity index (χ1) is 9.11. The van der Waals surface area contributed by atoms with Gasteiger partial charge in [-0.2, -0.15) is 0 Å². The van der Waals surface area contributed by atoms with E-state index < -0.39 is 0 Å². The number of hydrogen-bond acceptors (Lipinski definition) is 3. The van der Waals surface area contributed by atoms with Crippen molar-refractivity contribution in [2.75, 3.05) is 12.4 Å². The number of ether oxygens (including phenoxy) is 1. The molecule has 0 aliphatic heterocycles. The zero-order valence-corrected chi connectivity index (χ0v) is 12.2. The summed E-state index contributed by atoms with van der Waals surface area (Å²) in [6.07, 6.45) is 1.70. The summed E-state index contributed by atoms with van der Waals surface area (Å²) < 4.78 is 19.3. The van der Waals surface area contributed by atoms with Crippen LogP contribution >= 0.6 is 15.9 Å². The fourth-order valence-electron chi connectivity index (χ4n) is 1.76. The number of nitrogens with one attached hydrogen (secondary N) is 1. The van der Waals surface area contributed by atoms with Crippen LogP contribution < -0.4 is 10.1 Å². The summed E-state index contributed by atoms with van der Waals surface area (Å²) in [6.45, 7) is 1.96. The van der Waals surface area contributed by atoms with Crippen molar-refractivity contribution in [1.82, 2.24) is 4.98 Å². The molecule has 1 heterocycles. The molecule has 0 spiro atoms. The summed E-state index contributed by atoms with van der Waals surface area (Å²) in [5, 5.41) is 3.27. The number of aromatic nitrogens is 1. The molecule has 1 unspecified atom stereocenters. The molecule has 1 aromatic carbocycles. The fraction of sp³-hybridized carbons (Fsp3) is 0.214. The van der Waals surface area contributed by atoms with Crippen LogP contribution in [0.2, 0.25) is 0 Å². The lowest BCUT2D eigenvalue weighted by Crippen LogP contribution is -2.08. The largest absolute Gasteiger partial charge is 0.494 e. The van der Waals surface area contributed by atoms with Crippen LogP contribution in [0.5, 0.6) is 5.75 Å². The topological polar surface area (TPSA) is 34.1 Å². The average molecular weight is 325 g/mol. The van der Waals surface area contributed by atoms with Crippen molar-refractivity contribution >= 4 is 21.6 Å². The van der Waals surface area contributed by atoms with E-state index >= 15 is 0 Å². The summed E-state index contributed by atoms with van der Waals surface area (Å²) >= 11 is 3.37. The number of rotatable bonds is 4. The maximum absolute atomic E-state index is 13.7. The van der Waals surface area contributed by atoms with Gasteiger partial charge in [-0.05, 0) is 52.7 Å². The minimum absolute atomic E-state index is 0.0408. The van der Waals surface area contributed by atoms with E-state index in [1.807, 2.05) is 25.1 Å². The molecule has 0 bridgehead atoms. The molecule has 2 rings (SSSR count). The second kappa shape index (κ2) is 6.02. The lowest BCUT2D eigenvalue weighted by Gasteiger charge is -2.17. The summed E-state index contributed by atoms with van der Waals surface area (Å²) in [4.78, 5) is 4.13. The van der Waals surface area contributed by atoms with Crippen molar-refractivity contribution in [2.45, 2.75) is 13.0 Å². The third-order valence-electron chi connectivity index (χ3n) is 2.81. The number of anilines is 1. The number of hydrogen-bond donors (Lipinski definition) is 1. The van der Waals surface area contributed by atoms with Crippen molar-refractivity contribution in [3.8, 4) is 5.75 Å². The monoisotopic (exact) mass is 324 g/mol. The Hall–Kier alpha value is -1.62. The van der Waals surface area contributed by atoms with Crippen molar-refractivity contribution in [1.29, 1.82) is 0 Å². The van der Waals surface area contributed by atoms with Crippen molar-refractivity contribution < 1.29 is 9.13 Å². The summed E-state index contributed by atoms with van der Waals surface area (Å²) in [5.41, 5.74) is 1.71. The van der Waals surface area contributed by atoms with Crippen LogP contribution in [0, 0.1) is 5.82 Å². The molecule has 1 atom stereocenters. The van der Waals surface area contributed by atoms with Gasteiger partial charge < -0.3 is 10.1 Å². The molecule has 3 nitrogen and oxygen atoms in total. The second-order valence-corrected chi connectivity index (χ2v) is 4.85. The molecule has 0 amide bonds. The molecule has 2 aromatic rings. The Labute approximate surface area is 119 Å². The minimum atomic E-state index is -0.362. The third-order valence-corrected chi connectivity index (χ3v) is 3.44. The molecular weight excluding hydrogens is 311 g/mol. The molecule has 0 aliphatic rings. The maximum Gasteiger partial charge on any atom is 0.165 e. The average Bonchev–Trinajstić information content (AvgIpc) is 2.41. The van der Waals surface area contributed by atoms with E-state index in [0.717, 1.165) is 15.9 Å². The molecular formula is C14H14BrFN2O. The highest BCUT2D eigenvalue weighted by atomic mass is 79.9. The first-order valence-corrected chi connectivity index (χ1v) is 6.61. The molecule has 0 saturated carbocycles. The second-order valence-electron chi connectivity index (χ2n) is 4.10. The maximum atomic E-state index is 13.7. The van der Waals surface area contributed by atoms with Gasteiger partial charge in [0.15, 0.2) is 11.6 Å². The van der Waals surface area contributed by atoms with Gasteiger partial charge in [0.2, 0.25) is 0 Å². The summed E-state index contributed by atoms with van der Waals surface area (Å²) in [5.74, 6) is -0.114. The molecule has 1 aromatic heterocycles. The van der Waals surface area contributed by atoms with Crippen LogP contribution in [-0.4, -0.2) is 12.1 Å². The van der Waals surface area contributed by atoms with Crippen LogP contribution in [0.15, 0.2) is 41.1 Å².